The lowest BCUT2D eigenvalue weighted by Gasteiger charge is -2.41. The molecule has 1 unspecified atom stereocenters. The summed E-state index contributed by atoms with van der Waals surface area (Å²) in [6.07, 6.45) is 4.68. The molecule has 0 amide bonds. The van der Waals surface area contributed by atoms with Crippen LogP contribution in [0.2, 0.25) is 0 Å². The van der Waals surface area contributed by atoms with E-state index in [1.54, 1.807) is 12.1 Å². The van der Waals surface area contributed by atoms with Crippen LogP contribution in [0.15, 0.2) is 23.2 Å². The zero-order valence-corrected chi connectivity index (χ0v) is 11.7. The summed E-state index contributed by atoms with van der Waals surface area (Å²) in [6.45, 7) is 2.63. The van der Waals surface area contributed by atoms with Gasteiger partial charge < -0.3 is 20.8 Å². The first-order chi connectivity index (χ1) is 9.50. The molecule has 5 nitrogen and oxygen atoms in total. The van der Waals surface area contributed by atoms with Gasteiger partial charge in [-0.2, -0.15) is 0 Å². The molecule has 1 heterocycles. The average Bonchev–Trinajstić information content (AvgIpc) is 2.97. The molecule has 0 bridgehead atoms. The van der Waals surface area contributed by atoms with E-state index in [1.165, 1.54) is 18.9 Å². The number of benzene rings is 1. The molecule has 5 heteroatoms. The summed E-state index contributed by atoms with van der Waals surface area (Å²) in [5, 5.41) is 19.5. The molecular formula is C15H21N3O2. The van der Waals surface area contributed by atoms with E-state index in [9.17, 15) is 10.2 Å². The molecule has 0 aromatic heterocycles. The van der Waals surface area contributed by atoms with Crippen molar-refractivity contribution in [1.29, 1.82) is 0 Å². The van der Waals surface area contributed by atoms with Gasteiger partial charge in [-0.15, -0.1) is 0 Å². The van der Waals surface area contributed by atoms with Crippen LogP contribution in [-0.2, 0) is 5.54 Å². The van der Waals surface area contributed by atoms with Crippen LogP contribution >= 0.6 is 0 Å². The highest BCUT2D eigenvalue weighted by molar-refractivity contribution is 5.81. The largest absolute Gasteiger partial charge is 0.508 e. The Balaban J connectivity index is 2.00. The second-order valence-corrected chi connectivity index (χ2v) is 5.99. The Bertz CT molecular complexity index is 532. The first kappa shape index (κ1) is 13.1. The molecule has 3 rings (SSSR count). The maximum Gasteiger partial charge on any atom is 0.192 e. The second kappa shape index (κ2) is 4.58. The molecule has 0 saturated heterocycles. The lowest BCUT2D eigenvalue weighted by atomic mass is 9.89. The first-order valence-electron chi connectivity index (χ1n) is 7.13. The molecule has 1 atom stereocenters. The quantitative estimate of drug-likeness (QED) is 0.769. The Morgan fingerprint density at radius 3 is 2.40 bits per heavy atom. The van der Waals surface area contributed by atoms with Gasteiger partial charge in [0.15, 0.2) is 5.96 Å². The number of phenolic OH excluding ortho intramolecular Hbond substituents is 2. The van der Waals surface area contributed by atoms with Crippen molar-refractivity contribution in [3.63, 3.8) is 0 Å². The Kier molecular flexibility index (Phi) is 3.00. The van der Waals surface area contributed by atoms with Crippen LogP contribution in [0.3, 0.4) is 0 Å². The number of hydrogen-bond donors (Lipinski definition) is 3. The minimum atomic E-state index is -0.394. The van der Waals surface area contributed by atoms with Gasteiger partial charge in [-0.3, -0.25) is 4.99 Å². The van der Waals surface area contributed by atoms with Crippen molar-refractivity contribution in [3.05, 3.63) is 23.8 Å². The van der Waals surface area contributed by atoms with E-state index in [0.29, 0.717) is 18.5 Å². The van der Waals surface area contributed by atoms with Gasteiger partial charge in [0.25, 0.3) is 0 Å². The second-order valence-electron chi connectivity index (χ2n) is 5.99. The number of aromatic hydroxyl groups is 2. The summed E-state index contributed by atoms with van der Waals surface area (Å²) in [7, 11) is 0. The molecule has 1 fully saturated rings. The molecule has 0 spiro atoms. The molecule has 4 N–H and O–H groups in total. The molecule has 108 valence electrons. The highest BCUT2D eigenvalue weighted by Gasteiger charge is 2.44. The average molecular weight is 275 g/mol. The normalized spacial score (nSPS) is 27.1. The zero-order valence-electron chi connectivity index (χ0n) is 11.7. The molecule has 1 aliphatic heterocycles. The van der Waals surface area contributed by atoms with Gasteiger partial charge in [-0.1, -0.05) is 12.8 Å². The third-order valence-corrected chi connectivity index (χ3v) is 4.54. The molecule has 1 saturated carbocycles. The van der Waals surface area contributed by atoms with Gasteiger partial charge in [0.05, 0.1) is 12.1 Å². The summed E-state index contributed by atoms with van der Waals surface area (Å²) in [5.41, 5.74) is 6.56. The summed E-state index contributed by atoms with van der Waals surface area (Å²) in [5.74, 6) is 0.707. The Morgan fingerprint density at radius 2 is 1.80 bits per heavy atom. The Morgan fingerprint density at radius 1 is 1.20 bits per heavy atom. The minimum Gasteiger partial charge on any atom is -0.508 e. The van der Waals surface area contributed by atoms with Crippen molar-refractivity contribution >= 4 is 5.96 Å². The van der Waals surface area contributed by atoms with Crippen LogP contribution in [0.4, 0.5) is 0 Å². The van der Waals surface area contributed by atoms with E-state index in [0.717, 1.165) is 18.4 Å². The van der Waals surface area contributed by atoms with Gasteiger partial charge in [0.1, 0.15) is 11.5 Å². The van der Waals surface area contributed by atoms with E-state index < -0.39 is 5.54 Å². The van der Waals surface area contributed by atoms with E-state index in [1.807, 2.05) is 0 Å². The minimum absolute atomic E-state index is 0.0677. The fraction of sp³-hybridized carbons (Fsp3) is 0.533. The van der Waals surface area contributed by atoms with Gasteiger partial charge in [0.2, 0.25) is 0 Å². The fourth-order valence-corrected chi connectivity index (χ4v) is 3.53. The number of guanidine groups is 1. The third kappa shape index (κ3) is 1.97. The Labute approximate surface area is 118 Å². The molecule has 20 heavy (non-hydrogen) atoms. The fourth-order valence-electron chi connectivity index (χ4n) is 3.53. The molecule has 1 aromatic rings. The highest BCUT2D eigenvalue weighted by atomic mass is 16.3. The number of rotatable bonds is 2. The van der Waals surface area contributed by atoms with Crippen molar-refractivity contribution in [3.8, 4) is 11.5 Å². The number of hydrogen-bond acceptors (Lipinski definition) is 5. The van der Waals surface area contributed by atoms with Crippen molar-refractivity contribution in [1.82, 2.24) is 4.90 Å². The van der Waals surface area contributed by atoms with Gasteiger partial charge >= 0.3 is 0 Å². The number of aliphatic imine (C=N–C) groups is 1. The third-order valence-electron chi connectivity index (χ3n) is 4.54. The molecule has 1 aromatic carbocycles. The van der Waals surface area contributed by atoms with E-state index >= 15 is 0 Å². The molecule has 1 aliphatic carbocycles. The lowest BCUT2D eigenvalue weighted by molar-refractivity contribution is 0.166. The van der Waals surface area contributed by atoms with E-state index in [-0.39, 0.29) is 11.5 Å². The van der Waals surface area contributed by atoms with Crippen molar-refractivity contribution in [2.45, 2.75) is 44.2 Å². The standard InChI is InChI=1S/C15H21N3O2/c1-15(10-6-12(19)8-13(20)7-10)9-17-14(16)18(15)11-4-2-3-5-11/h6-8,11,19-20H,2-5,9H2,1H3,(H2,16,17). The van der Waals surface area contributed by atoms with Crippen LogP contribution in [0.5, 0.6) is 11.5 Å². The van der Waals surface area contributed by atoms with Crippen molar-refractivity contribution in [2.75, 3.05) is 6.54 Å². The van der Waals surface area contributed by atoms with E-state index in [4.69, 9.17) is 5.73 Å². The summed E-state index contributed by atoms with van der Waals surface area (Å²) in [6, 6.07) is 5.12. The topological polar surface area (TPSA) is 82.1 Å². The van der Waals surface area contributed by atoms with Crippen LogP contribution < -0.4 is 5.73 Å². The summed E-state index contributed by atoms with van der Waals surface area (Å²) < 4.78 is 0. The van der Waals surface area contributed by atoms with Crippen LogP contribution in [0, 0.1) is 0 Å². The van der Waals surface area contributed by atoms with Gasteiger partial charge in [-0.05, 0) is 37.5 Å². The summed E-state index contributed by atoms with van der Waals surface area (Å²) in [4.78, 5) is 6.58. The maximum absolute atomic E-state index is 9.74. The molecule has 0 radical (unpaired) electrons. The zero-order chi connectivity index (χ0) is 14.3. The first-order valence-corrected chi connectivity index (χ1v) is 7.13. The monoisotopic (exact) mass is 275 g/mol. The summed E-state index contributed by atoms with van der Waals surface area (Å²) >= 11 is 0. The maximum atomic E-state index is 9.74. The van der Waals surface area contributed by atoms with E-state index in [2.05, 4.69) is 16.8 Å². The lowest BCUT2D eigenvalue weighted by Crippen LogP contribution is -2.52. The molecule has 2 aliphatic rings. The van der Waals surface area contributed by atoms with Crippen LogP contribution in [-0.4, -0.2) is 33.7 Å². The predicted molar refractivity (Wildman–Crippen MR) is 77.7 cm³/mol. The predicted octanol–water partition coefficient (Wildman–Crippen LogP) is 1.89. The van der Waals surface area contributed by atoms with Crippen LogP contribution in [0.1, 0.15) is 38.2 Å². The number of nitrogens with zero attached hydrogens (tertiary/aromatic N) is 2. The van der Waals surface area contributed by atoms with Gasteiger partial charge in [0, 0.05) is 12.1 Å². The van der Waals surface area contributed by atoms with Gasteiger partial charge in [-0.25, -0.2) is 0 Å². The highest BCUT2D eigenvalue weighted by Crippen LogP contribution is 2.40. The smallest absolute Gasteiger partial charge is 0.192 e. The van der Waals surface area contributed by atoms with Crippen LogP contribution in [0.25, 0.3) is 0 Å². The number of nitrogens with two attached hydrogens (primary N) is 1. The molecular weight excluding hydrogens is 254 g/mol. The number of phenols is 2. The SMILES string of the molecule is CC1(c2cc(O)cc(O)c2)CN=C(N)N1C1CCCC1. The Hall–Kier alpha value is -1.91. The van der Waals surface area contributed by atoms with Crippen molar-refractivity contribution < 1.29 is 10.2 Å². The van der Waals surface area contributed by atoms with Crippen molar-refractivity contribution in [2.24, 2.45) is 10.7 Å².